The van der Waals surface area contributed by atoms with E-state index in [-0.39, 0.29) is 0 Å². The van der Waals surface area contributed by atoms with Crippen LogP contribution in [-0.4, -0.2) is 23.1 Å². The lowest BCUT2D eigenvalue weighted by Gasteiger charge is -2.12. The number of aromatic nitrogens is 1. The molecular weight excluding hydrogens is 238 g/mol. The van der Waals surface area contributed by atoms with Gasteiger partial charge >= 0.3 is 0 Å². The third-order valence-electron chi connectivity index (χ3n) is 3.21. The number of thiocarbonyl (C=S) groups is 1. The zero-order valence-corrected chi connectivity index (χ0v) is 10.7. The minimum absolute atomic E-state index is 0.518. The molecule has 0 amide bonds. The van der Waals surface area contributed by atoms with Crippen molar-refractivity contribution < 1.29 is 0 Å². The van der Waals surface area contributed by atoms with Gasteiger partial charge in [-0.3, -0.25) is 0 Å². The first kappa shape index (κ1) is 10.5. The fraction of sp³-hybridized carbons (Fsp3) is 0.636. The van der Waals surface area contributed by atoms with Gasteiger partial charge in [0, 0.05) is 19.0 Å². The summed E-state index contributed by atoms with van der Waals surface area (Å²) in [6.07, 6.45) is 5.05. The van der Waals surface area contributed by atoms with Gasteiger partial charge in [0.2, 0.25) is 0 Å². The summed E-state index contributed by atoms with van der Waals surface area (Å²) in [4.78, 5) is 8.69. The topological polar surface area (TPSA) is 42.1 Å². The Balaban J connectivity index is 1.94. The van der Waals surface area contributed by atoms with Crippen LogP contribution in [0.5, 0.6) is 0 Å². The molecule has 1 aliphatic carbocycles. The van der Waals surface area contributed by atoms with Crippen LogP contribution >= 0.6 is 23.6 Å². The average molecular weight is 253 g/mol. The van der Waals surface area contributed by atoms with E-state index in [0.29, 0.717) is 10.9 Å². The molecule has 1 aliphatic heterocycles. The van der Waals surface area contributed by atoms with Crippen molar-refractivity contribution in [3.8, 4) is 0 Å². The Kier molecular flexibility index (Phi) is 2.59. The molecule has 86 valence electrons. The van der Waals surface area contributed by atoms with Crippen LogP contribution in [-0.2, 0) is 0 Å². The van der Waals surface area contributed by atoms with Gasteiger partial charge in [0.1, 0.15) is 4.99 Å². The third kappa shape index (κ3) is 1.82. The van der Waals surface area contributed by atoms with E-state index in [1.807, 2.05) is 0 Å². The fourth-order valence-corrected chi connectivity index (χ4v) is 3.46. The van der Waals surface area contributed by atoms with Crippen LogP contribution in [0.25, 0.3) is 0 Å². The Morgan fingerprint density at radius 3 is 2.62 bits per heavy atom. The Labute approximate surface area is 105 Å². The van der Waals surface area contributed by atoms with E-state index in [1.165, 1.54) is 31.4 Å². The molecule has 1 saturated carbocycles. The molecule has 0 aromatic carbocycles. The summed E-state index contributed by atoms with van der Waals surface area (Å²) in [7, 11) is 0. The number of rotatable bonds is 3. The number of nitrogens with zero attached hydrogens (tertiary/aromatic N) is 2. The van der Waals surface area contributed by atoms with Gasteiger partial charge in [-0.1, -0.05) is 23.6 Å². The first-order valence-corrected chi connectivity index (χ1v) is 7.03. The smallest absolute Gasteiger partial charge is 0.186 e. The van der Waals surface area contributed by atoms with E-state index in [2.05, 4.69) is 4.90 Å². The molecule has 0 atom stereocenters. The second-order valence-corrected chi connectivity index (χ2v) is 5.96. The van der Waals surface area contributed by atoms with Gasteiger partial charge in [-0.25, -0.2) is 4.98 Å². The molecule has 2 N–H and O–H groups in total. The van der Waals surface area contributed by atoms with Crippen LogP contribution in [0, 0.1) is 0 Å². The minimum atomic E-state index is 0.518. The zero-order valence-electron chi connectivity index (χ0n) is 9.11. The monoisotopic (exact) mass is 253 g/mol. The second-order valence-electron chi connectivity index (χ2n) is 4.54. The maximum absolute atomic E-state index is 5.78. The molecule has 0 unspecified atom stereocenters. The van der Waals surface area contributed by atoms with Gasteiger partial charge < -0.3 is 10.6 Å². The van der Waals surface area contributed by atoms with E-state index in [9.17, 15) is 0 Å². The maximum atomic E-state index is 5.78. The molecule has 1 aromatic heterocycles. The predicted octanol–water partition coefficient (Wildman–Crippen LogP) is 2.25. The zero-order chi connectivity index (χ0) is 11.1. The van der Waals surface area contributed by atoms with Crippen LogP contribution in [0.3, 0.4) is 0 Å². The first-order valence-electron chi connectivity index (χ1n) is 5.81. The fourth-order valence-electron chi connectivity index (χ4n) is 2.17. The average Bonchev–Trinajstić information content (AvgIpc) is 2.83. The highest BCUT2D eigenvalue weighted by Gasteiger charge is 2.31. The van der Waals surface area contributed by atoms with Gasteiger partial charge in [-0.05, 0) is 25.7 Å². The van der Waals surface area contributed by atoms with E-state index < -0.39 is 0 Å². The van der Waals surface area contributed by atoms with Crippen LogP contribution in [0.2, 0.25) is 0 Å². The summed E-state index contributed by atoms with van der Waals surface area (Å²) in [5.41, 5.74) is 6.94. The molecule has 5 heteroatoms. The third-order valence-corrected chi connectivity index (χ3v) is 4.71. The lowest BCUT2D eigenvalue weighted by molar-refractivity contribution is 0.938. The Morgan fingerprint density at radius 2 is 2.06 bits per heavy atom. The molecule has 2 heterocycles. The summed E-state index contributed by atoms with van der Waals surface area (Å²) >= 11 is 6.80. The van der Waals surface area contributed by atoms with Crippen molar-refractivity contribution in [2.45, 2.75) is 31.6 Å². The SMILES string of the molecule is NC(=S)c1sc(N2CCCC2)nc1C1CC1. The summed E-state index contributed by atoms with van der Waals surface area (Å²) in [6.45, 7) is 2.27. The Hall–Kier alpha value is -0.680. The van der Waals surface area contributed by atoms with Crippen molar-refractivity contribution in [1.29, 1.82) is 0 Å². The number of thiazole rings is 1. The molecule has 2 aliphatic rings. The highest BCUT2D eigenvalue weighted by atomic mass is 32.1. The maximum Gasteiger partial charge on any atom is 0.186 e. The quantitative estimate of drug-likeness (QED) is 0.839. The molecule has 3 rings (SSSR count). The molecular formula is C11H15N3S2. The number of nitrogens with two attached hydrogens (primary N) is 1. The van der Waals surface area contributed by atoms with Crippen molar-refractivity contribution in [3.63, 3.8) is 0 Å². The van der Waals surface area contributed by atoms with Crippen LogP contribution < -0.4 is 10.6 Å². The lowest BCUT2D eigenvalue weighted by atomic mass is 10.2. The standard InChI is InChI=1S/C11H15N3S2/c12-10(15)9-8(7-3-4-7)13-11(16-9)14-5-1-2-6-14/h7H,1-6H2,(H2,12,15). The molecule has 0 bridgehead atoms. The van der Waals surface area contributed by atoms with Gasteiger partial charge in [0.15, 0.2) is 5.13 Å². The van der Waals surface area contributed by atoms with E-state index in [1.54, 1.807) is 11.3 Å². The van der Waals surface area contributed by atoms with Gasteiger partial charge in [-0.2, -0.15) is 0 Å². The largest absolute Gasteiger partial charge is 0.389 e. The Bertz CT molecular complexity index is 417. The molecule has 1 aromatic rings. The lowest BCUT2D eigenvalue weighted by Crippen LogP contribution is -2.17. The first-order chi connectivity index (χ1) is 7.75. The summed E-state index contributed by atoms with van der Waals surface area (Å²) in [6, 6.07) is 0. The molecule has 3 nitrogen and oxygen atoms in total. The van der Waals surface area contributed by atoms with E-state index in [4.69, 9.17) is 22.9 Å². The van der Waals surface area contributed by atoms with Crippen molar-refractivity contribution in [1.82, 2.24) is 4.98 Å². The highest BCUT2D eigenvalue weighted by Crippen LogP contribution is 2.44. The number of anilines is 1. The molecule has 0 spiro atoms. The molecule has 0 radical (unpaired) electrons. The predicted molar refractivity (Wildman–Crippen MR) is 71.4 cm³/mol. The summed E-state index contributed by atoms with van der Waals surface area (Å²) in [5.74, 6) is 0.629. The normalized spacial score (nSPS) is 20.4. The number of hydrogen-bond donors (Lipinski definition) is 1. The summed E-state index contributed by atoms with van der Waals surface area (Å²) in [5, 5.41) is 1.13. The van der Waals surface area contributed by atoms with Gasteiger partial charge in [0.05, 0.1) is 10.6 Å². The summed E-state index contributed by atoms with van der Waals surface area (Å²) < 4.78 is 0. The van der Waals surface area contributed by atoms with Crippen molar-refractivity contribution in [2.75, 3.05) is 18.0 Å². The van der Waals surface area contributed by atoms with E-state index >= 15 is 0 Å². The van der Waals surface area contributed by atoms with Crippen molar-refractivity contribution in [3.05, 3.63) is 10.6 Å². The van der Waals surface area contributed by atoms with Gasteiger partial charge in [0.25, 0.3) is 0 Å². The van der Waals surface area contributed by atoms with Crippen LogP contribution in [0.15, 0.2) is 0 Å². The molecule has 1 saturated heterocycles. The van der Waals surface area contributed by atoms with Crippen LogP contribution in [0.4, 0.5) is 5.13 Å². The number of hydrogen-bond acceptors (Lipinski definition) is 4. The second kappa shape index (κ2) is 3.96. The van der Waals surface area contributed by atoms with Crippen LogP contribution in [0.1, 0.15) is 42.2 Å². The van der Waals surface area contributed by atoms with Crippen molar-refractivity contribution >= 4 is 33.7 Å². The van der Waals surface area contributed by atoms with E-state index in [0.717, 1.165) is 23.1 Å². The minimum Gasteiger partial charge on any atom is -0.389 e. The molecule has 2 fully saturated rings. The highest BCUT2D eigenvalue weighted by molar-refractivity contribution is 7.81. The van der Waals surface area contributed by atoms with Crippen molar-refractivity contribution in [2.24, 2.45) is 5.73 Å². The van der Waals surface area contributed by atoms with Gasteiger partial charge in [-0.15, -0.1) is 0 Å². The molecule has 16 heavy (non-hydrogen) atoms. The Morgan fingerprint density at radius 1 is 1.38 bits per heavy atom.